The molecule has 2 saturated heterocycles. The molecule has 2 aromatic carbocycles. The number of Topliss-reactive ketones (excluding diaryl/α,β-unsaturated/α-hetero) is 1. The molecule has 0 amide bonds. The molecule has 2 aliphatic heterocycles. The fraction of sp³-hybridized carbons (Fsp3) is 0.458. The van der Waals surface area contributed by atoms with Crippen molar-refractivity contribution in [3.8, 4) is 5.75 Å². The molecule has 0 saturated carbocycles. The van der Waals surface area contributed by atoms with E-state index in [-0.39, 0.29) is 17.5 Å². The third kappa shape index (κ3) is 5.04. The Kier molecular flexibility index (Phi) is 6.14. The summed E-state index contributed by atoms with van der Waals surface area (Å²) in [5.74, 6) is 0.182. The van der Waals surface area contributed by atoms with Gasteiger partial charge in [-0.05, 0) is 55.5 Å². The topological polar surface area (TPSA) is 29.5 Å². The Morgan fingerprint density at radius 2 is 1.60 bits per heavy atom. The molecule has 6 heteroatoms. The zero-order valence-corrected chi connectivity index (χ0v) is 16.8. The summed E-state index contributed by atoms with van der Waals surface area (Å²) in [7, 11) is 0. The molecule has 30 heavy (non-hydrogen) atoms. The van der Waals surface area contributed by atoms with Gasteiger partial charge in [0.25, 0.3) is 0 Å². The number of carbonyl (C=O) groups is 1. The molecule has 2 unspecified atom stereocenters. The van der Waals surface area contributed by atoms with Gasteiger partial charge in [0.2, 0.25) is 0 Å². The zero-order chi connectivity index (χ0) is 21.1. The fourth-order valence-corrected chi connectivity index (χ4v) is 4.86. The lowest BCUT2D eigenvalue weighted by atomic mass is 9.75. The van der Waals surface area contributed by atoms with Crippen molar-refractivity contribution in [3.63, 3.8) is 0 Å². The number of halogens is 3. The largest absolute Gasteiger partial charge is 0.484 e. The molecular weight excluding hydrogens is 391 g/mol. The molecule has 2 aromatic rings. The Balaban J connectivity index is 1.40. The van der Waals surface area contributed by atoms with Gasteiger partial charge in [0.1, 0.15) is 5.75 Å². The highest BCUT2D eigenvalue weighted by Gasteiger charge is 2.40. The first-order valence-corrected chi connectivity index (χ1v) is 10.5. The molecular formula is C24H26F3NO2. The van der Waals surface area contributed by atoms with E-state index in [0.29, 0.717) is 17.6 Å². The summed E-state index contributed by atoms with van der Waals surface area (Å²) in [6.45, 7) is -0.411. The summed E-state index contributed by atoms with van der Waals surface area (Å²) in [5.41, 5.74) is 1.85. The van der Waals surface area contributed by atoms with Gasteiger partial charge in [0, 0.05) is 30.1 Å². The monoisotopic (exact) mass is 417 g/mol. The quantitative estimate of drug-likeness (QED) is 0.570. The number of ketones is 1. The second-order valence-corrected chi connectivity index (χ2v) is 8.36. The van der Waals surface area contributed by atoms with Crippen molar-refractivity contribution in [2.75, 3.05) is 6.61 Å². The van der Waals surface area contributed by atoms with Gasteiger partial charge in [-0.3, -0.25) is 9.69 Å². The molecule has 4 rings (SSSR count). The van der Waals surface area contributed by atoms with E-state index in [1.807, 2.05) is 6.07 Å². The maximum Gasteiger partial charge on any atom is 0.422 e. The van der Waals surface area contributed by atoms with Gasteiger partial charge in [0.05, 0.1) is 0 Å². The molecule has 160 valence electrons. The number of ether oxygens (including phenoxy) is 1. The van der Waals surface area contributed by atoms with Crippen molar-refractivity contribution in [3.05, 3.63) is 65.7 Å². The van der Waals surface area contributed by atoms with Crippen LogP contribution in [0.2, 0.25) is 0 Å². The normalized spacial score (nSPS) is 24.4. The fourth-order valence-electron chi connectivity index (χ4n) is 4.86. The smallest absolute Gasteiger partial charge is 0.422 e. The summed E-state index contributed by atoms with van der Waals surface area (Å²) in [4.78, 5) is 15.7. The van der Waals surface area contributed by atoms with Gasteiger partial charge in [0.15, 0.2) is 12.4 Å². The number of piperidine rings is 2. The highest BCUT2D eigenvalue weighted by Crippen LogP contribution is 2.39. The van der Waals surface area contributed by atoms with E-state index in [0.717, 1.165) is 32.2 Å². The van der Waals surface area contributed by atoms with Crippen LogP contribution in [0, 0.1) is 5.92 Å². The van der Waals surface area contributed by atoms with Crippen molar-refractivity contribution in [1.29, 1.82) is 0 Å². The lowest BCUT2D eigenvalue weighted by Gasteiger charge is -2.48. The van der Waals surface area contributed by atoms with Crippen LogP contribution in [0.5, 0.6) is 5.75 Å². The van der Waals surface area contributed by atoms with Crippen LogP contribution in [0.15, 0.2) is 54.6 Å². The molecule has 2 fully saturated rings. The predicted molar refractivity (Wildman–Crippen MR) is 108 cm³/mol. The van der Waals surface area contributed by atoms with Gasteiger partial charge in [-0.1, -0.05) is 36.8 Å². The molecule has 0 aromatic heterocycles. The first-order chi connectivity index (χ1) is 14.4. The summed E-state index contributed by atoms with van der Waals surface area (Å²) >= 11 is 0. The highest BCUT2D eigenvalue weighted by atomic mass is 19.4. The van der Waals surface area contributed by atoms with Crippen LogP contribution in [0.3, 0.4) is 0 Å². The number of fused-ring (bicyclic) bond motifs is 2. The Bertz CT molecular complexity index is 837. The van der Waals surface area contributed by atoms with Crippen LogP contribution in [0.4, 0.5) is 13.2 Å². The van der Waals surface area contributed by atoms with Crippen molar-refractivity contribution < 1.29 is 22.7 Å². The summed E-state index contributed by atoms with van der Waals surface area (Å²) in [6.07, 6.45) is 0.727. The Morgan fingerprint density at radius 3 is 2.20 bits per heavy atom. The predicted octanol–water partition coefficient (Wildman–Crippen LogP) is 5.64. The zero-order valence-electron chi connectivity index (χ0n) is 16.8. The number of hydrogen-bond donors (Lipinski definition) is 0. The van der Waals surface area contributed by atoms with E-state index >= 15 is 0 Å². The number of benzene rings is 2. The number of nitrogens with zero attached hydrogens (tertiary/aromatic N) is 1. The minimum Gasteiger partial charge on any atom is -0.484 e. The van der Waals surface area contributed by atoms with Gasteiger partial charge in [-0.25, -0.2) is 0 Å². The minimum absolute atomic E-state index is 0.0331. The van der Waals surface area contributed by atoms with Gasteiger partial charge < -0.3 is 4.74 Å². The van der Waals surface area contributed by atoms with Crippen molar-refractivity contribution in [1.82, 2.24) is 4.90 Å². The van der Waals surface area contributed by atoms with Crippen LogP contribution < -0.4 is 4.74 Å². The molecule has 0 radical (unpaired) electrons. The van der Waals surface area contributed by atoms with Gasteiger partial charge in [-0.15, -0.1) is 0 Å². The Labute approximate surface area is 174 Å². The maximum atomic E-state index is 13.1. The SMILES string of the molecule is O=C(c1ccc(OCC(F)(F)F)cc1)C1CC2CCCC(C1)N2Cc1ccccc1. The molecule has 2 aliphatic rings. The van der Waals surface area contributed by atoms with Crippen LogP contribution in [-0.4, -0.2) is 35.6 Å². The van der Waals surface area contributed by atoms with Crippen LogP contribution in [0.1, 0.15) is 48.0 Å². The second kappa shape index (κ2) is 8.80. The number of alkyl halides is 3. The Hall–Kier alpha value is -2.34. The van der Waals surface area contributed by atoms with Gasteiger partial charge in [-0.2, -0.15) is 13.2 Å². The molecule has 2 atom stereocenters. The van der Waals surface area contributed by atoms with Crippen LogP contribution in [-0.2, 0) is 6.54 Å². The molecule has 2 bridgehead atoms. The average Bonchev–Trinajstić information content (AvgIpc) is 2.72. The number of rotatable bonds is 6. The first-order valence-electron chi connectivity index (χ1n) is 10.5. The third-order valence-corrected chi connectivity index (χ3v) is 6.25. The van der Waals surface area contributed by atoms with E-state index in [4.69, 9.17) is 4.74 Å². The standard InChI is InChI=1S/C24H26F3NO2/c25-24(26,27)16-30-22-11-9-18(10-12-22)23(29)19-13-20-7-4-8-21(14-19)28(20)15-17-5-2-1-3-6-17/h1-3,5-6,9-12,19-21H,4,7-8,13-16H2. The molecule has 3 nitrogen and oxygen atoms in total. The van der Waals surface area contributed by atoms with E-state index in [1.165, 1.54) is 24.1 Å². The molecule has 0 spiro atoms. The average molecular weight is 417 g/mol. The molecule has 0 aliphatic carbocycles. The first kappa shape index (κ1) is 20.9. The molecule has 0 N–H and O–H groups in total. The second-order valence-electron chi connectivity index (χ2n) is 8.36. The minimum atomic E-state index is -4.38. The van der Waals surface area contributed by atoms with E-state index in [9.17, 15) is 18.0 Å². The van der Waals surface area contributed by atoms with E-state index in [1.54, 1.807) is 12.1 Å². The Morgan fingerprint density at radius 1 is 0.967 bits per heavy atom. The van der Waals surface area contributed by atoms with Gasteiger partial charge >= 0.3 is 6.18 Å². The molecule has 2 heterocycles. The lowest BCUT2D eigenvalue weighted by Crippen LogP contribution is -2.52. The number of carbonyl (C=O) groups excluding carboxylic acids is 1. The lowest BCUT2D eigenvalue weighted by molar-refractivity contribution is -0.153. The highest BCUT2D eigenvalue weighted by molar-refractivity contribution is 5.98. The van der Waals surface area contributed by atoms with Crippen LogP contribution >= 0.6 is 0 Å². The van der Waals surface area contributed by atoms with E-state index < -0.39 is 12.8 Å². The summed E-state index contributed by atoms with van der Waals surface area (Å²) < 4.78 is 41.6. The third-order valence-electron chi connectivity index (χ3n) is 6.25. The van der Waals surface area contributed by atoms with Crippen LogP contribution in [0.25, 0.3) is 0 Å². The van der Waals surface area contributed by atoms with E-state index in [2.05, 4.69) is 29.2 Å². The summed E-state index contributed by atoms with van der Waals surface area (Å²) in [6, 6.07) is 17.3. The van der Waals surface area contributed by atoms with Crippen molar-refractivity contribution in [2.24, 2.45) is 5.92 Å². The van der Waals surface area contributed by atoms with Crippen molar-refractivity contribution in [2.45, 2.75) is 56.9 Å². The maximum absolute atomic E-state index is 13.1. The summed E-state index contributed by atoms with van der Waals surface area (Å²) in [5, 5.41) is 0. The van der Waals surface area contributed by atoms with Crippen molar-refractivity contribution >= 4 is 5.78 Å². The number of hydrogen-bond acceptors (Lipinski definition) is 3.